The molecular weight excluding hydrogens is 385 g/mol. The first kappa shape index (κ1) is 20.3. The molecule has 4 rings (SSSR count). The third kappa shape index (κ3) is 4.03. The fourth-order valence-corrected chi connectivity index (χ4v) is 4.07. The highest BCUT2D eigenvalue weighted by molar-refractivity contribution is 6.14. The minimum atomic E-state index is -1.12. The van der Waals surface area contributed by atoms with Crippen molar-refractivity contribution in [1.82, 2.24) is 4.90 Å². The largest absolute Gasteiger partial charge is 0.484 e. The summed E-state index contributed by atoms with van der Waals surface area (Å²) >= 11 is 0. The first-order chi connectivity index (χ1) is 14.3. The van der Waals surface area contributed by atoms with Gasteiger partial charge in [0, 0.05) is 6.54 Å². The van der Waals surface area contributed by atoms with Crippen molar-refractivity contribution >= 4 is 23.2 Å². The lowest BCUT2D eigenvalue weighted by Crippen LogP contribution is -2.59. The number of carbonyl (C=O) groups is 2. The predicted octanol–water partition coefficient (Wildman–Crippen LogP) is 3.56. The Morgan fingerprint density at radius 3 is 2.70 bits per heavy atom. The molecule has 6 nitrogen and oxygen atoms in total. The fourth-order valence-electron chi connectivity index (χ4n) is 4.07. The molecule has 0 unspecified atom stereocenters. The molecule has 2 aliphatic rings. The summed E-state index contributed by atoms with van der Waals surface area (Å²) in [7, 11) is 0. The first-order valence-corrected chi connectivity index (χ1v) is 10.2. The number of rotatable bonds is 5. The molecule has 2 aromatic rings. The Bertz CT molecular complexity index is 970. The van der Waals surface area contributed by atoms with Crippen LogP contribution in [0, 0.1) is 5.82 Å². The number of anilines is 2. The SMILES string of the molecule is CC1(C)C(=O)Nc2cc(F)ccc2N1C(=O)COc1cccc(CN2CCCC2)c1. The molecule has 1 fully saturated rings. The lowest BCUT2D eigenvalue weighted by Gasteiger charge is -2.41. The lowest BCUT2D eigenvalue weighted by atomic mass is 9.96. The molecule has 0 saturated carbocycles. The van der Waals surface area contributed by atoms with Crippen molar-refractivity contribution in [3.05, 3.63) is 53.8 Å². The Hall–Kier alpha value is -2.93. The molecule has 1 N–H and O–H groups in total. The van der Waals surface area contributed by atoms with Gasteiger partial charge in [-0.05, 0) is 75.7 Å². The van der Waals surface area contributed by atoms with E-state index in [0.717, 1.165) is 25.2 Å². The Balaban J connectivity index is 1.49. The van der Waals surface area contributed by atoms with E-state index in [1.54, 1.807) is 13.8 Å². The maximum atomic E-state index is 13.6. The molecule has 2 aromatic carbocycles. The zero-order valence-electron chi connectivity index (χ0n) is 17.3. The van der Waals surface area contributed by atoms with Crippen LogP contribution in [0.2, 0.25) is 0 Å². The highest BCUT2D eigenvalue weighted by atomic mass is 19.1. The number of nitrogens with one attached hydrogen (secondary N) is 1. The molecule has 0 spiro atoms. The summed E-state index contributed by atoms with van der Waals surface area (Å²) in [4.78, 5) is 29.4. The summed E-state index contributed by atoms with van der Waals surface area (Å²) in [6, 6.07) is 11.7. The molecule has 30 heavy (non-hydrogen) atoms. The molecule has 0 atom stereocenters. The van der Waals surface area contributed by atoms with Crippen LogP contribution in [-0.2, 0) is 16.1 Å². The second-order valence-corrected chi connectivity index (χ2v) is 8.32. The van der Waals surface area contributed by atoms with E-state index in [0.29, 0.717) is 11.4 Å². The van der Waals surface area contributed by atoms with Crippen molar-refractivity contribution < 1.29 is 18.7 Å². The van der Waals surface area contributed by atoms with E-state index < -0.39 is 11.4 Å². The van der Waals surface area contributed by atoms with Crippen LogP contribution in [0.3, 0.4) is 0 Å². The van der Waals surface area contributed by atoms with Crippen molar-refractivity contribution in [2.75, 3.05) is 29.9 Å². The van der Waals surface area contributed by atoms with Crippen LogP contribution in [0.25, 0.3) is 0 Å². The van der Waals surface area contributed by atoms with Gasteiger partial charge in [-0.3, -0.25) is 19.4 Å². The highest BCUT2D eigenvalue weighted by Crippen LogP contribution is 2.37. The van der Waals surface area contributed by atoms with Crippen LogP contribution in [0.15, 0.2) is 42.5 Å². The van der Waals surface area contributed by atoms with Crippen LogP contribution in [-0.4, -0.2) is 41.9 Å². The Morgan fingerprint density at radius 1 is 1.17 bits per heavy atom. The molecule has 0 aromatic heterocycles. The standard InChI is InChI=1S/C23H26FN3O3/c1-23(2)22(29)25-19-13-17(24)8-9-20(19)27(23)21(28)15-30-18-7-5-6-16(12-18)14-26-10-3-4-11-26/h5-9,12-13H,3-4,10-11,14-15H2,1-2H3,(H,25,29). The van der Waals surface area contributed by atoms with Crippen molar-refractivity contribution in [1.29, 1.82) is 0 Å². The van der Waals surface area contributed by atoms with Gasteiger partial charge in [-0.15, -0.1) is 0 Å². The number of halogens is 1. The van der Waals surface area contributed by atoms with Crippen LogP contribution in [0.1, 0.15) is 32.3 Å². The molecule has 0 bridgehead atoms. The summed E-state index contributed by atoms with van der Waals surface area (Å²) in [5.74, 6) is -0.611. The van der Waals surface area contributed by atoms with Gasteiger partial charge in [-0.25, -0.2) is 4.39 Å². The molecular formula is C23H26FN3O3. The summed E-state index contributed by atoms with van der Waals surface area (Å²) in [6.45, 7) is 6.17. The number of carbonyl (C=O) groups excluding carboxylic acids is 2. The minimum absolute atomic E-state index is 0.222. The molecule has 158 valence electrons. The van der Waals surface area contributed by atoms with Crippen molar-refractivity contribution in [3.63, 3.8) is 0 Å². The van der Waals surface area contributed by atoms with Crippen molar-refractivity contribution in [3.8, 4) is 5.75 Å². The molecule has 1 saturated heterocycles. The number of hydrogen-bond donors (Lipinski definition) is 1. The molecule has 0 radical (unpaired) electrons. The van der Waals surface area contributed by atoms with Gasteiger partial charge >= 0.3 is 0 Å². The zero-order valence-corrected chi connectivity index (χ0v) is 17.3. The number of amides is 2. The first-order valence-electron chi connectivity index (χ1n) is 10.2. The van der Waals surface area contributed by atoms with Crippen LogP contribution >= 0.6 is 0 Å². The summed E-state index contributed by atoms with van der Waals surface area (Å²) < 4.78 is 19.4. The van der Waals surface area contributed by atoms with E-state index in [1.165, 1.54) is 35.9 Å². The number of hydrogen-bond acceptors (Lipinski definition) is 4. The van der Waals surface area contributed by atoms with Gasteiger partial charge in [0.2, 0.25) is 5.91 Å². The van der Waals surface area contributed by atoms with Crippen LogP contribution in [0.5, 0.6) is 5.75 Å². The summed E-state index contributed by atoms with van der Waals surface area (Å²) in [6.07, 6.45) is 2.46. The van der Waals surface area contributed by atoms with E-state index in [2.05, 4.69) is 16.3 Å². The lowest BCUT2D eigenvalue weighted by molar-refractivity contribution is -0.127. The number of ether oxygens (including phenoxy) is 1. The Morgan fingerprint density at radius 2 is 1.93 bits per heavy atom. The second kappa shape index (κ2) is 8.07. The van der Waals surface area contributed by atoms with E-state index in [-0.39, 0.29) is 24.1 Å². The van der Waals surface area contributed by atoms with E-state index >= 15 is 0 Å². The molecule has 0 aliphatic carbocycles. The van der Waals surface area contributed by atoms with Crippen LogP contribution in [0.4, 0.5) is 15.8 Å². The maximum absolute atomic E-state index is 13.6. The predicted molar refractivity (Wildman–Crippen MR) is 113 cm³/mol. The number of benzene rings is 2. The Labute approximate surface area is 175 Å². The molecule has 2 aliphatic heterocycles. The third-order valence-corrected chi connectivity index (χ3v) is 5.68. The average molecular weight is 411 g/mol. The van der Waals surface area contributed by atoms with Crippen molar-refractivity contribution in [2.24, 2.45) is 0 Å². The number of fused-ring (bicyclic) bond motifs is 1. The summed E-state index contributed by atoms with van der Waals surface area (Å²) in [5, 5.41) is 2.67. The van der Waals surface area contributed by atoms with Gasteiger partial charge in [0.1, 0.15) is 17.1 Å². The maximum Gasteiger partial charge on any atom is 0.265 e. The Kier molecular flexibility index (Phi) is 5.47. The minimum Gasteiger partial charge on any atom is -0.484 e. The second-order valence-electron chi connectivity index (χ2n) is 8.32. The van der Waals surface area contributed by atoms with Gasteiger partial charge in [-0.2, -0.15) is 0 Å². The zero-order chi connectivity index (χ0) is 21.3. The monoisotopic (exact) mass is 411 g/mol. The van der Waals surface area contributed by atoms with Gasteiger partial charge in [-0.1, -0.05) is 12.1 Å². The highest BCUT2D eigenvalue weighted by Gasteiger charge is 2.43. The number of likely N-dealkylation sites (tertiary alicyclic amines) is 1. The van der Waals surface area contributed by atoms with Crippen molar-refractivity contribution in [2.45, 2.75) is 38.8 Å². The van der Waals surface area contributed by atoms with Gasteiger partial charge < -0.3 is 10.1 Å². The molecule has 7 heteroatoms. The third-order valence-electron chi connectivity index (χ3n) is 5.68. The van der Waals surface area contributed by atoms with E-state index in [1.807, 2.05) is 18.2 Å². The van der Waals surface area contributed by atoms with Gasteiger partial charge in [0.05, 0.1) is 11.4 Å². The average Bonchev–Trinajstić information content (AvgIpc) is 3.20. The van der Waals surface area contributed by atoms with Gasteiger partial charge in [0.15, 0.2) is 6.61 Å². The smallest absolute Gasteiger partial charge is 0.265 e. The number of nitrogens with zero attached hydrogens (tertiary/aromatic N) is 2. The quantitative estimate of drug-likeness (QED) is 0.817. The molecule has 2 amide bonds. The van der Waals surface area contributed by atoms with Gasteiger partial charge in [0.25, 0.3) is 5.91 Å². The summed E-state index contributed by atoms with van der Waals surface area (Å²) in [5.41, 5.74) is 0.751. The topological polar surface area (TPSA) is 61.9 Å². The normalized spacial score (nSPS) is 18.1. The van der Waals surface area contributed by atoms with E-state index in [9.17, 15) is 14.0 Å². The fraction of sp³-hybridized carbons (Fsp3) is 0.391. The molecule has 2 heterocycles. The van der Waals surface area contributed by atoms with Crippen LogP contribution < -0.4 is 15.0 Å². The van der Waals surface area contributed by atoms with E-state index in [4.69, 9.17) is 4.74 Å².